The van der Waals surface area contributed by atoms with E-state index in [2.05, 4.69) is 34.1 Å². The van der Waals surface area contributed by atoms with Crippen LogP contribution in [0.4, 0.5) is 0 Å². The second kappa shape index (κ2) is 8.24. The van der Waals surface area contributed by atoms with Crippen LogP contribution in [0.25, 0.3) is 0 Å². The molecule has 5 heteroatoms. The van der Waals surface area contributed by atoms with Crippen LogP contribution in [0.15, 0.2) is 30.3 Å². The molecule has 1 amide bonds. The largest absolute Gasteiger partial charge is 0.480 e. The second-order valence-corrected chi connectivity index (χ2v) is 9.24. The average molecular weight is 385 g/mol. The number of benzene rings is 1. The Hall–Kier alpha value is -1.88. The van der Waals surface area contributed by atoms with Gasteiger partial charge in [0.25, 0.3) is 0 Å². The minimum atomic E-state index is -0.757. The Labute approximate surface area is 167 Å². The number of rotatable bonds is 7. The standard InChI is InChI=1S/C23H32N2O3/c26-21(12-19-8-4-5-9-19)25-14-20-13-24(15-22(27)28)16-23(20,17-25)11-10-18-6-2-1-3-7-18/h1-3,6-7,19-20H,4-5,8-17H2,(H,27,28)/t20-,23+/m0/s1. The number of amides is 1. The Morgan fingerprint density at radius 2 is 1.82 bits per heavy atom. The van der Waals surface area contributed by atoms with Crippen LogP contribution in [0.5, 0.6) is 0 Å². The van der Waals surface area contributed by atoms with Gasteiger partial charge >= 0.3 is 5.97 Å². The average Bonchev–Trinajstić information content (AvgIpc) is 3.35. The Morgan fingerprint density at radius 1 is 1.07 bits per heavy atom. The number of aliphatic carboxylic acids is 1. The zero-order valence-electron chi connectivity index (χ0n) is 16.7. The van der Waals surface area contributed by atoms with Crippen molar-refractivity contribution in [2.75, 3.05) is 32.7 Å². The summed E-state index contributed by atoms with van der Waals surface area (Å²) in [6.45, 7) is 3.31. The SMILES string of the molecule is O=C(O)CN1C[C@H]2CN(C(=O)CC3CCCC3)C[C@@]2(CCc2ccccc2)C1. The van der Waals surface area contributed by atoms with E-state index in [4.69, 9.17) is 0 Å². The van der Waals surface area contributed by atoms with E-state index in [1.807, 2.05) is 6.07 Å². The minimum absolute atomic E-state index is 0.0383. The molecule has 0 aromatic heterocycles. The van der Waals surface area contributed by atoms with Crippen LogP contribution in [0.2, 0.25) is 0 Å². The van der Waals surface area contributed by atoms with E-state index in [1.165, 1.54) is 31.2 Å². The van der Waals surface area contributed by atoms with Gasteiger partial charge in [-0.2, -0.15) is 0 Å². The first-order valence-electron chi connectivity index (χ1n) is 10.8. The zero-order chi connectivity index (χ0) is 19.6. The summed E-state index contributed by atoms with van der Waals surface area (Å²) in [6.07, 6.45) is 7.66. The number of carboxylic acids is 1. The van der Waals surface area contributed by atoms with Crippen molar-refractivity contribution < 1.29 is 14.7 Å². The van der Waals surface area contributed by atoms with Crippen molar-refractivity contribution in [3.63, 3.8) is 0 Å². The first kappa shape index (κ1) is 19.4. The highest BCUT2D eigenvalue weighted by molar-refractivity contribution is 5.77. The number of carbonyl (C=O) groups excluding carboxylic acids is 1. The lowest BCUT2D eigenvalue weighted by Crippen LogP contribution is -2.38. The van der Waals surface area contributed by atoms with Gasteiger partial charge in [0.05, 0.1) is 6.54 Å². The molecule has 0 radical (unpaired) electrons. The van der Waals surface area contributed by atoms with Crippen molar-refractivity contribution in [1.29, 1.82) is 0 Å². The third-order valence-electron chi connectivity index (χ3n) is 7.23. The van der Waals surface area contributed by atoms with E-state index in [0.717, 1.165) is 39.0 Å². The monoisotopic (exact) mass is 384 g/mol. The number of carboxylic acid groups (broad SMARTS) is 1. The maximum Gasteiger partial charge on any atom is 0.317 e. The first-order chi connectivity index (χ1) is 13.5. The number of hydrogen-bond acceptors (Lipinski definition) is 3. The van der Waals surface area contributed by atoms with E-state index in [0.29, 0.717) is 24.2 Å². The van der Waals surface area contributed by atoms with Gasteiger partial charge in [-0.3, -0.25) is 14.5 Å². The topological polar surface area (TPSA) is 60.9 Å². The Kier molecular flexibility index (Phi) is 5.72. The van der Waals surface area contributed by atoms with E-state index in [9.17, 15) is 14.7 Å². The van der Waals surface area contributed by atoms with Crippen molar-refractivity contribution in [3.05, 3.63) is 35.9 Å². The third-order valence-corrected chi connectivity index (χ3v) is 7.23. The Balaban J connectivity index is 1.43. The molecule has 0 spiro atoms. The number of likely N-dealkylation sites (tertiary alicyclic amines) is 2. The van der Waals surface area contributed by atoms with Crippen LogP contribution >= 0.6 is 0 Å². The fourth-order valence-corrected chi connectivity index (χ4v) is 5.78. The lowest BCUT2D eigenvalue weighted by atomic mass is 9.76. The maximum atomic E-state index is 12.9. The molecule has 1 aliphatic carbocycles. The summed E-state index contributed by atoms with van der Waals surface area (Å²) >= 11 is 0. The van der Waals surface area contributed by atoms with Crippen molar-refractivity contribution in [3.8, 4) is 0 Å². The number of aryl methyl sites for hydroxylation is 1. The molecule has 2 heterocycles. The van der Waals surface area contributed by atoms with Gasteiger partial charge in [0.1, 0.15) is 0 Å². The van der Waals surface area contributed by atoms with Crippen molar-refractivity contribution in [2.24, 2.45) is 17.3 Å². The molecule has 0 unspecified atom stereocenters. The Bertz CT molecular complexity index is 701. The molecule has 4 rings (SSSR count). The third kappa shape index (κ3) is 4.24. The molecule has 1 aromatic rings. The van der Waals surface area contributed by atoms with Gasteiger partial charge in [0, 0.05) is 38.0 Å². The first-order valence-corrected chi connectivity index (χ1v) is 10.8. The van der Waals surface area contributed by atoms with Gasteiger partial charge in [-0.05, 0) is 43.1 Å². The van der Waals surface area contributed by atoms with Crippen LogP contribution in [-0.2, 0) is 16.0 Å². The summed E-state index contributed by atoms with van der Waals surface area (Å²) in [5, 5.41) is 9.22. The molecule has 3 aliphatic rings. The van der Waals surface area contributed by atoms with E-state index in [-0.39, 0.29) is 12.0 Å². The predicted octanol–water partition coefficient (Wildman–Crippen LogP) is 3.04. The van der Waals surface area contributed by atoms with Gasteiger partial charge in [0.2, 0.25) is 5.91 Å². The normalized spacial score (nSPS) is 28.0. The molecule has 1 aromatic carbocycles. The lowest BCUT2D eigenvalue weighted by Gasteiger charge is -2.29. The maximum absolute atomic E-state index is 12.9. The summed E-state index contributed by atoms with van der Waals surface area (Å²) in [5.74, 6) is 0.539. The van der Waals surface area contributed by atoms with Gasteiger partial charge in [-0.1, -0.05) is 43.2 Å². The quantitative estimate of drug-likeness (QED) is 0.785. The molecule has 3 fully saturated rings. The molecular formula is C23H32N2O3. The molecule has 152 valence electrons. The number of nitrogens with zero attached hydrogens (tertiary/aromatic N) is 2. The summed E-state index contributed by atoms with van der Waals surface area (Å²) < 4.78 is 0. The van der Waals surface area contributed by atoms with Gasteiger partial charge in [0.15, 0.2) is 0 Å². The summed E-state index contributed by atoms with van der Waals surface area (Å²) in [5.41, 5.74) is 1.36. The van der Waals surface area contributed by atoms with Crippen molar-refractivity contribution in [2.45, 2.75) is 44.9 Å². The van der Waals surface area contributed by atoms with Gasteiger partial charge in [-0.25, -0.2) is 0 Å². The molecule has 28 heavy (non-hydrogen) atoms. The highest BCUT2D eigenvalue weighted by Gasteiger charge is 2.53. The molecule has 1 saturated carbocycles. The van der Waals surface area contributed by atoms with E-state index >= 15 is 0 Å². The van der Waals surface area contributed by atoms with Crippen LogP contribution in [-0.4, -0.2) is 59.5 Å². The number of carbonyl (C=O) groups is 2. The highest BCUT2D eigenvalue weighted by Crippen LogP contribution is 2.46. The highest BCUT2D eigenvalue weighted by atomic mass is 16.4. The van der Waals surface area contributed by atoms with E-state index in [1.54, 1.807) is 0 Å². The fraction of sp³-hybridized carbons (Fsp3) is 0.652. The number of hydrogen-bond donors (Lipinski definition) is 1. The van der Waals surface area contributed by atoms with Crippen LogP contribution < -0.4 is 0 Å². The van der Waals surface area contributed by atoms with Gasteiger partial charge < -0.3 is 10.0 Å². The molecule has 2 atom stereocenters. The Morgan fingerprint density at radius 3 is 2.54 bits per heavy atom. The number of fused-ring (bicyclic) bond motifs is 1. The van der Waals surface area contributed by atoms with Gasteiger partial charge in [-0.15, -0.1) is 0 Å². The smallest absolute Gasteiger partial charge is 0.317 e. The van der Waals surface area contributed by atoms with Crippen molar-refractivity contribution in [1.82, 2.24) is 9.80 Å². The molecule has 0 bridgehead atoms. The van der Waals surface area contributed by atoms with Crippen LogP contribution in [0, 0.1) is 17.3 Å². The molecular weight excluding hydrogens is 352 g/mol. The second-order valence-electron chi connectivity index (χ2n) is 9.24. The predicted molar refractivity (Wildman–Crippen MR) is 108 cm³/mol. The van der Waals surface area contributed by atoms with Crippen LogP contribution in [0.1, 0.15) is 44.1 Å². The van der Waals surface area contributed by atoms with E-state index < -0.39 is 5.97 Å². The minimum Gasteiger partial charge on any atom is -0.480 e. The molecule has 5 nitrogen and oxygen atoms in total. The molecule has 2 saturated heterocycles. The summed E-state index contributed by atoms with van der Waals surface area (Å²) in [7, 11) is 0. The lowest BCUT2D eigenvalue weighted by molar-refractivity contribution is -0.138. The van der Waals surface area contributed by atoms with Crippen LogP contribution in [0.3, 0.4) is 0 Å². The molecule has 2 aliphatic heterocycles. The van der Waals surface area contributed by atoms with Crippen molar-refractivity contribution >= 4 is 11.9 Å². The fourth-order valence-electron chi connectivity index (χ4n) is 5.78. The zero-order valence-corrected chi connectivity index (χ0v) is 16.7. The summed E-state index contributed by atoms with van der Waals surface area (Å²) in [4.78, 5) is 28.3. The molecule has 1 N–H and O–H groups in total. The summed E-state index contributed by atoms with van der Waals surface area (Å²) in [6, 6.07) is 10.5.